The van der Waals surface area contributed by atoms with E-state index in [0.717, 1.165) is 22.1 Å². The third-order valence-corrected chi connectivity index (χ3v) is 9.00. The number of anilines is 1. The van der Waals surface area contributed by atoms with Crippen molar-refractivity contribution in [3.63, 3.8) is 0 Å². The van der Waals surface area contributed by atoms with E-state index in [0.29, 0.717) is 40.2 Å². The zero-order chi connectivity index (χ0) is 34.4. The van der Waals surface area contributed by atoms with Gasteiger partial charge in [0.2, 0.25) is 11.8 Å². The molecule has 0 saturated heterocycles. The van der Waals surface area contributed by atoms with Gasteiger partial charge in [0.1, 0.15) is 25.4 Å². The molecule has 0 radical (unpaired) electrons. The van der Waals surface area contributed by atoms with Gasteiger partial charge in [-0.25, -0.2) is 9.78 Å². The van der Waals surface area contributed by atoms with Gasteiger partial charge in [0, 0.05) is 27.8 Å². The highest BCUT2D eigenvalue weighted by Gasteiger charge is 2.45. The lowest BCUT2D eigenvalue weighted by Gasteiger charge is -2.31. The molecule has 13 heteroatoms. The molecule has 0 spiro atoms. The van der Waals surface area contributed by atoms with Crippen molar-refractivity contribution in [3.8, 4) is 17.1 Å². The first-order chi connectivity index (χ1) is 22.8. The van der Waals surface area contributed by atoms with Gasteiger partial charge in [-0.2, -0.15) is 0 Å². The predicted molar refractivity (Wildman–Crippen MR) is 178 cm³/mol. The van der Waals surface area contributed by atoms with E-state index in [1.165, 1.54) is 0 Å². The summed E-state index contributed by atoms with van der Waals surface area (Å²) in [6, 6.07) is 14.5. The number of quaternary nitrogens is 1. The van der Waals surface area contributed by atoms with Crippen LogP contribution in [0.25, 0.3) is 22.3 Å². The molecule has 6 rings (SSSR count). The summed E-state index contributed by atoms with van der Waals surface area (Å²) in [4.78, 5) is 54.8. The Morgan fingerprint density at radius 2 is 1.79 bits per heavy atom. The average Bonchev–Trinajstić information content (AvgIpc) is 3.41. The number of hydrogen-bond acceptors (Lipinski definition) is 9. The predicted octanol–water partition coefficient (Wildman–Crippen LogP) is 1.84. The monoisotopic (exact) mass is 655 g/mol. The molecule has 5 N–H and O–H groups in total. The molecular formula is C35H39N6O7+. The van der Waals surface area contributed by atoms with Gasteiger partial charge in [0.25, 0.3) is 5.56 Å². The summed E-state index contributed by atoms with van der Waals surface area (Å²) in [5.74, 6) is -1.21. The van der Waals surface area contributed by atoms with Gasteiger partial charge in [-0.15, -0.1) is 0 Å². The van der Waals surface area contributed by atoms with Gasteiger partial charge in [0.15, 0.2) is 5.60 Å². The number of nitrogens with one attached hydrogen (secondary N) is 3. The maximum Gasteiger partial charge on any atom is 0.343 e. The Bertz CT molecular complexity index is 2020. The maximum atomic E-state index is 13.6. The highest BCUT2D eigenvalue weighted by atomic mass is 16.6. The zero-order valence-corrected chi connectivity index (χ0v) is 27.3. The molecule has 2 aliphatic heterocycles. The number of cyclic esters (lactones) is 1. The Balaban J connectivity index is 1.23. The Morgan fingerprint density at radius 3 is 2.50 bits per heavy atom. The fourth-order valence-corrected chi connectivity index (χ4v) is 6.54. The number of phenols is 1. The summed E-state index contributed by atoms with van der Waals surface area (Å²) in [6.45, 7) is 2.84. The number of rotatable bonds is 10. The van der Waals surface area contributed by atoms with Crippen LogP contribution < -0.4 is 21.5 Å². The van der Waals surface area contributed by atoms with Crippen LogP contribution in [0.15, 0.2) is 53.3 Å². The van der Waals surface area contributed by atoms with Crippen LogP contribution in [0.1, 0.15) is 41.2 Å². The molecule has 2 aromatic heterocycles. The van der Waals surface area contributed by atoms with Crippen molar-refractivity contribution in [3.05, 3.63) is 86.7 Å². The highest BCUT2D eigenvalue weighted by Crippen LogP contribution is 2.40. The number of carbonyl (C=O) groups excluding carboxylic acids is 3. The Hall–Kier alpha value is -5.11. The minimum absolute atomic E-state index is 0.0649. The second-order valence-corrected chi connectivity index (χ2v) is 13.0. The molecule has 2 aromatic carbocycles. The van der Waals surface area contributed by atoms with E-state index in [9.17, 15) is 29.4 Å². The minimum Gasteiger partial charge on any atom is -0.507 e. The number of aliphatic hydroxyl groups is 1. The second kappa shape index (κ2) is 12.5. The van der Waals surface area contributed by atoms with Gasteiger partial charge >= 0.3 is 5.97 Å². The number of fused-ring (bicyclic) bond motifs is 5. The number of benzene rings is 2. The molecule has 2 aliphatic rings. The topological polar surface area (TPSA) is 172 Å². The summed E-state index contributed by atoms with van der Waals surface area (Å²) in [5.41, 5.74) is 3.23. The number of aromatic nitrogens is 2. The fourth-order valence-electron chi connectivity index (χ4n) is 6.54. The first kappa shape index (κ1) is 32.8. The van der Waals surface area contributed by atoms with Crippen molar-refractivity contribution in [2.24, 2.45) is 0 Å². The summed E-state index contributed by atoms with van der Waals surface area (Å²) in [5, 5.41) is 31.0. The molecule has 0 bridgehead atoms. The molecule has 0 unspecified atom stereocenters. The van der Waals surface area contributed by atoms with Crippen molar-refractivity contribution >= 4 is 34.4 Å². The number of pyridine rings is 2. The zero-order valence-electron chi connectivity index (χ0n) is 27.3. The number of amides is 2. The first-order valence-corrected chi connectivity index (χ1v) is 15.8. The lowest BCUT2D eigenvalue weighted by molar-refractivity contribution is -0.916. The Kier molecular flexibility index (Phi) is 8.54. The quantitative estimate of drug-likeness (QED) is 0.111. The smallest absolute Gasteiger partial charge is 0.343 e. The van der Waals surface area contributed by atoms with Gasteiger partial charge in [0.05, 0.1) is 61.8 Å². The normalized spacial score (nSPS) is 16.6. The van der Waals surface area contributed by atoms with E-state index in [2.05, 4.69) is 30.0 Å². The lowest BCUT2D eigenvalue weighted by Crippen LogP contribution is -2.44. The summed E-state index contributed by atoms with van der Waals surface area (Å²) >= 11 is 0. The molecule has 48 heavy (non-hydrogen) atoms. The standard InChI is InChI=1S/C35H38N6O7/c1-5-35(47)26-13-28-32-21(16-40(28)33(45)25(26)19-48-34(35)46)12-23-24(29(42)11-10-27(23)39-32)18-41(3,4)17-20-6-8-22(9-7-20)38-31(44)15-37-30(43)14-36-2/h6-13,36,47H,5,14-19H2,1-4H3,(H2-,37,38,42,43,44,45)/p+1/t35-/m0/s1. The second-order valence-electron chi connectivity index (χ2n) is 13.0. The number of esters is 1. The van der Waals surface area contributed by atoms with Gasteiger partial charge < -0.3 is 40.0 Å². The third-order valence-electron chi connectivity index (χ3n) is 9.00. The molecule has 0 saturated carbocycles. The summed E-state index contributed by atoms with van der Waals surface area (Å²) in [6.07, 6.45) is 0.0649. The molecule has 4 heterocycles. The Morgan fingerprint density at radius 1 is 1.04 bits per heavy atom. The first-order valence-electron chi connectivity index (χ1n) is 15.8. The van der Waals surface area contributed by atoms with E-state index in [1.807, 2.05) is 30.3 Å². The van der Waals surface area contributed by atoms with Crippen LogP contribution in [-0.4, -0.2) is 76.3 Å². The summed E-state index contributed by atoms with van der Waals surface area (Å²) in [7, 11) is 5.77. The maximum absolute atomic E-state index is 13.6. The number of ether oxygens (including phenoxy) is 1. The van der Waals surface area contributed by atoms with Crippen LogP contribution in [0, 0.1) is 0 Å². The molecule has 0 fully saturated rings. The third kappa shape index (κ3) is 6.03. The van der Waals surface area contributed by atoms with Crippen LogP contribution in [0.3, 0.4) is 0 Å². The molecule has 0 aliphatic carbocycles. The summed E-state index contributed by atoms with van der Waals surface area (Å²) < 4.78 is 7.26. The number of likely N-dealkylation sites (N-methyl/N-ethyl adjacent to an activating group) is 1. The van der Waals surface area contributed by atoms with Crippen molar-refractivity contribution in [1.82, 2.24) is 20.2 Å². The molecule has 13 nitrogen and oxygen atoms in total. The van der Waals surface area contributed by atoms with E-state index < -0.39 is 11.6 Å². The molecule has 4 aromatic rings. The Labute approximate surface area is 276 Å². The van der Waals surface area contributed by atoms with Gasteiger partial charge in [-0.3, -0.25) is 14.4 Å². The molecule has 1 atom stereocenters. The van der Waals surface area contributed by atoms with E-state index >= 15 is 0 Å². The van der Waals surface area contributed by atoms with Crippen LogP contribution in [-0.2, 0) is 51.0 Å². The van der Waals surface area contributed by atoms with Crippen LogP contribution in [0.4, 0.5) is 5.69 Å². The van der Waals surface area contributed by atoms with Crippen LogP contribution in [0.2, 0.25) is 0 Å². The van der Waals surface area contributed by atoms with E-state index in [4.69, 9.17) is 9.72 Å². The van der Waals surface area contributed by atoms with Crippen molar-refractivity contribution in [2.75, 3.05) is 39.5 Å². The average molecular weight is 656 g/mol. The van der Waals surface area contributed by atoms with E-state index in [1.54, 1.807) is 36.7 Å². The van der Waals surface area contributed by atoms with Crippen molar-refractivity contribution in [2.45, 2.75) is 45.2 Å². The molecule has 250 valence electrons. The molecule has 2 amide bonds. The van der Waals surface area contributed by atoms with Crippen LogP contribution >= 0.6 is 0 Å². The highest BCUT2D eigenvalue weighted by molar-refractivity contribution is 5.94. The number of phenolic OH excluding ortho intramolecular Hbond substituents is 1. The number of aromatic hydroxyl groups is 1. The van der Waals surface area contributed by atoms with Crippen molar-refractivity contribution < 1.29 is 33.8 Å². The lowest BCUT2D eigenvalue weighted by atomic mass is 9.86. The van der Waals surface area contributed by atoms with Crippen LogP contribution in [0.5, 0.6) is 5.75 Å². The fraction of sp³-hybridized carbons (Fsp3) is 0.343. The number of carbonyl (C=O) groups is 3. The van der Waals surface area contributed by atoms with Gasteiger partial charge in [-0.05, 0) is 49.9 Å². The van der Waals surface area contributed by atoms with Crippen molar-refractivity contribution in [1.29, 1.82) is 0 Å². The molecular weight excluding hydrogens is 616 g/mol. The SMILES string of the molecule is CC[C@@]1(O)C(=O)OCc2c1cc1n(c2=O)Cc2cc3c(C[N+](C)(C)Cc4ccc(NC(=O)CNC(=O)CNC)cc4)c(O)ccc3nc2-1. The minimum atomic E-state index is -1.90. The van der Waals surface area contributed by atoms with E-state index in [-0.39, 0.29) is 66.9 Å². The van der Waals surface area contributed by atoms with Gasteiger partial charge in [-0.1, -0.05) is 19.1 Å². The largest absolute Gasteiger partial charge is 0.507 e. The number of hydrogen-bond donors (Lipinski definition) is 5. The number of nitrogens with zero attached hydrogens (tertiary/aromatic N) is 3.